The van der Waals surface area contributed by atoms with Crippen LogP contribution in [0.2, 0.25) is 0 Å². The van der Waals surface area contributed by atoms with Crippen molar-refractivity contribution >= 4 is 23.4 Å². The quantitative estimate of drug-likeness (QED) is 0.129. The number of ether oxygens (including phenoxy) is 5. The third-order valence-corrected chi connectivity index (χ3v) is 8.22. The molecule has 0 amide bonds. The lowest BCUT2D eigenvalue weighted by atomic mass is 9.80. The number of likely N-dealkylation sites (N-methyl/N-ethyl adjacent to an activating group) is 1. The minimum atomic E-state index is -0.747. The Hall–Kier alpha value is -3.57. The van der Waals surface area contributed by atoms with Crippen LogP contribution < -0.4 is 4.90 Å². The van der Waals surface area contributed by atoms with E-state index >= 15 is 0 Å². The highest BCUT2D eigenvalue weighted by atomic mass is 16.6. The Balaban J connectivity index is 1.54. The average molecular weight is 639 g/mol. The Bertz CT molecular complexity index is 1270. The van der Waals surface area contributed by atoms with Crippen LogP contribution in [0.25, 0.3) is 0 Å². The van der Waals surface area contributed by atoms with Gasteiger partial charge in [0.15, 0.2) is 5.78 Å². The third-order valence-electron chi connectivity index (χ3n) is 8.22. The van der Waals surface area contributed by atoms with Crippen LogP contribution >= 0.6 is 0 Å². The molecule has 252 valence electrons. The molecule has 0 bridgehead atoms. The van der Waals surface area contributed by atoms with E-state index in [-0.39, 0.29) is 31.2 Å². The summed E-state index contributed by atoms with van der Waals surface area (Å²) in [5.41, 5.74) is 2.39. The molecule has 3 rings (SSSR count). The minimum absolute atomic E-state index is 0.0658. The summed E-state index contributed by atoms with van der Waals surface area (Å²) in [7, 11) is 3.88. The Morgan fingerprint density at radius 3 is 2.02 bits per heavy atom. The number of hydrogen-bond donors (Lipinski definition) is 0. The van der Waals surface area contributed by atoms with Gasteiger partial charge in [-0.15, -0.1) is 0 Å². The number of nitrogens with zero attached hydrogens (tertiary/aromatic N) is 2. The molecule has 0 saturated carbocycles. The molecule has 0 radical (unpaired) electrons. The van der Waals surface area contributed by atoms with Crippen LogP contribution in [0.15, 0.2) is 61.2 Å². The van der Waals surface area contributed by atoms with Crippen molar-refractivity contribution in [2.45, 2.75) is 64.4 Å². The van der Waals surface area contributed by atoms with Gasteiger partial charge in [0.1, 0.15) is 12.7 Å². The SMILES string of the molecule is C=CC(=O)OCC(C)OCC(C)OCC(C)OC(=O)c1ccc(CC(CC)(C(=O)c2ccc(N3CCOCC3)cc2)N(C)C)cc1. The van der Waals surface area contributed by atoms with E-state index in [9.17, 15) is 14.4 Å². The summed E-state index contributed by atoms with van der Waals surface area (Å²) in [6.45, 7) is 14.5. The van der Waals surface area contributed by atoms with E-state index in [4.69, 9.17) is 23.7 Å². The number of rotatable bonds is 18. The van der Waals surface area contributed by atoms with Gasteiger partial charge in [0.25, 0.3) is 0 Å². The molecular weight excluding hydrogens is 588 g/mol. The molecule has 2 aromatic carbocycles. The minimum Gasteiger partial charge on any atom is -0.460 e. The van der Waals surface area contributed by atoms with Gasteiger partial charge in [0.2, 0.25) is 0 Å². The number of hydrogen-bond acceptors (Lipinski definition) is 10. The molecular formula is C36H50N2O8. The predicted molar refractivity (Wildman–Crippen MR) is 178 cm³/mol. The van der Waals surface area contributed by atoms with Crippen molar-refractivity contribution in [1.29, 1.82) is 0 Å². The molecule has 10 heteroatoms. The number of esters is 2. The molecule has 0 N–H and O–H groups in total. The Labute approximate surface area is 273 Å². The van der Waals surface area contributed by atoms with Crippen molar-refractivity contribution in [3.05, 3.63) is 77.9 Å². The molecule has 1 aliphatic heterocycles. The van der Waals surface area contributed by atoms with Gasteiger partial charge in [-0.3, -0.25) is 9.69 Å². The van der Waals surface area contributed by atoms with Gasteiger partial charge < -0.3 is 28.6 Å². The number of benzene rings is 2. The van der Waals surface area contributed by atoms with Gasteiger partial charge in [-0.25, -0.2) is 9.59 Å². The molecule has 10 nitrogen and oxygen atoms in total. The summed E-state index contributed by atoms with van der Waals surface area (Å²) in [5, 5.41) is 0. The molecule has 0 spiro atoms. The van der Waals surface area contributed by atoms with Crippen LogP contribution in [-0.2, 0) is 34.9 Å². The molecule has 1 aliphatic rings. The lowest BCUT2D eigenvalue weighted by Gasteiger charge is -2.38. The van der Waals surface area contributed by atoms with E-state index in [0.29, 0.717) is 43.8 Å². The van der Waals surface area contributed by atoms with E-state index in [1.807, 2.05) is 69.2 Å². The standard InChI is InChI=1S/C36H50N2O8/c1-8-33(39)45-24-27(4)43-23-26(3)44-25-28(5)46-35(41)31-12-10-29(11-13-31)22-36(9-2,37(6)7)34(40)30-14-16-32(17-15-30)38-18-20-42-21-19-38/h8,10-17,26-28H,1,9,18-25H2,2-7H3. The van der Waals surface area contributed by atoms with Gasteiger partial charge in [-0.05, 0) is 89.7 Å². The fourth-order valence-electron chi connectivity index (χ4n) is 5.29. The van der Waals surface area contributed by atoms with Gasteiger partial charge in [-0.1, -0.05) is 25.6 Å². The number of anilines is 1. The van der Waals surface area contributed by atoms with Crippen molar-refractivity contribution < 1.29 is 38.1 Å². The first-order valence-electron chi connectivity index (χ1n) is 16.0. The van der Waals surface area contributed by atoms with E-state index in [1.54, 1.807) is 26.0 Å². The van der Waals surface area contributed by atoms with E-state index < -0.39 is 23.6 Å². The number of carbonyl (C=O) groups is 3. The monoisotopic (exact) mass is 638 g/mol. The fourth-order valence-corrected chi connectivity index (χ4v) is 5.29. The first-order valence-corrected chi connectivity index (χ1v) is 16.0. The van der Waals surface area contributed by atoms with Gasteiger partial charge in [-0.2, -0.15) is 0 Å². The Morgan fingerprint density at radius 2 is 1.46 bits per heavy atom. The van der Waals surface area contributed by atoms with Gasteiger partial charge >= 0.3 is 11.9 Å². The number of ketones is 1. The highest BCUT2D eigenvalue weighted by Gasteiger charge is 2.39. The van der Waals surface area contributed by atoms with E-state index in [0.717, 1.165) is 30.4 Å². The maximum Gasteiger partial charge on any atom is 0.338 e. The van der Waals surface area contributed by atoms with Crippen molar-refractivity contribution in [3.8, 4) is 0 Å². The molecule has 1 saturated heterocycles. The summed E-state index contributed by atoms with van der Waals surface area (Å²) in [6.07, 6.45) is 1.20. The van der Waals surface area contributed by atoms with Crippen LogP contribution in [0.5, 0.6) is 0 Å². The lowest BCUT2D eigenvalue weighted by Crippen LogP contribution is -2.52. The molecule has 1 heterocycles. The van der Waals surface area contributed by atoms with Crippen LogP contribution in [0.4, 0.5) is 5.69 Å². The van der Waals surface area contributed by atoms with Crippen molar-refractivity contribution in [2.24, 2.45) is 0 Å². The maximum atomic E-state index is 14.0. The average Bonchev–Trinajstić information content (AvgIpc) is 3.07. The van der Waals surface area contributed by atoms with Crippen LogP contribution in [-0.4, -0.2) is 107 Å². The van der Waals surface area contributed by atoms with Crippen LogP contribution in [0, 0.1) is 0 Å². The molecule has 1 fully saturated rings. The first-order chi connectivity index (χ1) is 22.0. The molecule has 2 aromatic rings. The zero-order valence-electron chi connectivity index (χ0n) is 28.2. The highest BCUT2D eigenvalue weighted by molar-refractivity contribution is 6.03. The first kappa shape index (κ1) is 36.9. The van der Waals surface area contributed by atoms with E-state index in [1.165, 1.54) is 0 Å². The molecule has 4 unspecified atom stereocenters. The summed E-state index contributed by atoms with van der Waals surface area (Å²) >= 11 is 0. The van der Waals surface area contributed by atoms with Crippen LogP contribution in [0.3, 0.4) is 0 Å². The van der Waals surface area contributed by atoms with Crippen molar-refractivity contribution in [2.75, 3.05) is 65.1 Å². The number of carbonyl (C=O) groups excluding carboxylic acids is 3. The molecule has 4 atom stereocenters. The fraction of sp³-hybridized carbons (Fsp3) is 0.528. The zero-order valence-corrected chi connectivity index (χ0v) is 28.2. The maximum absolute atomic E-state index is 14.0. The van der Waals surface area contributed by atoms with Gasteiger partial charge in [0, 0.05) is 30.4 Å². The predicted octanol–water partition coefficient (Wildman–Crippen LogP) is 4.74. The Morgan fingerprint density at radius 1 is 0.891 bits per heavy atom. The summed E-state index contributed by atoms with van der Waals surface area (Å²) < 4.78 is 27.4. The van der Waals surface area contributed by atoms with Crippen molar-refractivity contribution in [3.63, 3.8) is 0 Å². The molecule has 46 heavy (non-hydrogen) atoms. The molecule has 0 aliphatic carbocycles. The number of Topliss-reactive ketones (excluding diaryl/α,β-unsaturated/α-hetero) is 1. The Kier molecular flexibility index (Phi) is 14.4. The largest absolute Gasteiger partial charge is 0.460 e. The molecule has 0 aromatic heterocycles. The second-order valence-corrected chi connectivity index (χ2v) is 12.0. The smallest absolute Gasteiger partial charge is 0.338 e. The zero-order chi connectivity index (χ0) is 33.7. The highest BCUT2D eigenvalue weighted by Crippen LogP contribution is 2.29. The topological polar surface area (TPSA) is 104 Å². The van der Waals surface area contributed by atoms with Crippen LogP contribution in [0.1, 0.15) is 60.4 Å². The summed E-state index contributed by atoms with van der Waals surface area (Å²) in [5.74, 6) is -0.879. The number of morpholine rings is 1. The second kappa shape index (κ2) is 17.9. The summed E-state index contributed by atoms with van der Waals surface area (Å²) in [4.78, 5) is 42.3. The second-order valence-electron chi connectivity index (χ2n) is 12.0. The lowest BCUT2D eigenvalue weighted by molar-refractivity contribution is -0.142. The van der Waals surface area contributed by atoms with Gasteiger partial charge in [0.05, 0.1) is 49.7 Å². The van der Waals surface area contributed by atoms with E-state index in [2.05, 4.69) is 11.5 Å². The normalized spacial score (nSPS) is 16.6. The third kappa shape index (κ3) is 10.5. The summed E-state index contributed by atoms with van der Waals surface area (Å²) in [6, 6.07) is 15.1. The van der Waals surface area contributed by atoms with Crippen molar-refractivity contribution in [1.82, 2.24) is 4.90 Å².